The molecule has 0 amide bonds. The maximum Gasteiger partial charge on any atom is 0.265 e. The number of nitrogens with zero attached hydrogens (tertiary/aromatic N) is 3. The van der Waals surface area contributed by atoms with E-state index in [2.05, 4.69) is 4.98 Å². The van der Waals surface area contributed by atoms with Crippen molar-refractivity contribution >= 4 is 5.91 Å². The summed E-state index contributed by atoms with van der Waals surface area (Å²) in [6.45, 7) is 3.89. The standard InChI is InChI=1S/C20H25N3O2/c1-15(2)25-19-12-11-16(14-21-19)20(24)23-13-7-6-10-18(23)22-17-8-4-3-5-9-17/h6-7,10-15,17H,3-5,8-9H2,1-2H3. The summed E-state index contributed by atoms with van der Waals surface area (Å²) in [4.78, 5) is 21.9. The van der Waals surface area contributed by atoms with Crippen molar-refractivity contribution in [3.63, 3.8) is 0 Å². The average Bonchev–Trinajstić information content (AvgIpc) is 2.63. The van der Waals surface area contributed by atoms with Gasteiger partial charge in [0.05, 0.1) is 17.7 Å². The van der Waals surface area contributed by atoms with E-state index in [1.807, 2.05) is 32.0 Å². The van der Waals surface area contributed by atoms with Gasteiger partial charge in [-0.25, -0.2) is 4.98 Å². The van der Waals surface area contributed by atoms with E-state index >= 15 is 0 Å². The van der Waals surface area contributed by atoms with Crippen LogP contribution >= 0.6 is 0 Å². The molecule has 0 saturated heterocycles. The van der Waals surface area contributed by atoms with E-state index in [9.17, 15) is 4.79 Å². The van der Waals surface area contributed by atoms with Gasteiger partial charge in [-0.05, 0) is 44.9 Å². The highest BCUT2D eigenvalue weighted by molar-refractivity contribution is 5.95. The topological polar surface area (TPSA) is 56.5 Å². The normalized spacial score (nSPS) is 16.2. The lowest BCUT2D eigenvalue weighted by Gasteiger charge is -2.17. The summed E-state index contributed by atoms with van der Waals surface area (Å²) in [6, 6.07) is 9.46. The molecule has 1 saturated carbocycles. The van der Waals surface area contributed by atoms with Gasteiger partial charge >= 0.3 is 0 Å². The van der Waals surface area contributed by atoms with Gasteiger partial charge in [-0.1, -0.05) is 25.3 Å². The second-order valence-electron chi connectivity index (χ2n) is 6.71. The van der Waals surface area contributed by atoms with E-state index in [1.54, 1.807) is 29.1 Å². The monoisotopic (exact) mass is 339 g/mol. The first kappa shape index (κ1) is 17.4. The second-order valence-corrected chi connectivity index (χ2v) is 6.71. The molecule has 2 aromatic rings. The fourth-order valence-corrected chi connectivity index (χ4v) is 3.07. The summed E-state index contributed by atoms with van der Waals surface area (Å²) in [5, 5.41) is 0. The maximum absolute atomic E-state index is 12.9. The van der Waals surface area contributed by atoms with Gasteiger partial charge in [-0.15, -0.1) is 0 Å². The summed E-state index contributed by atoms with van der Waals surface area (Å²) < 4.78 is 7.14. The highest BCUT2D eigenvalue weighted by Crippen LogP contribution is 2.19. The first-order chi connectivity index (χ1) is 12.1. The minimum absolute atomic E-state index is 0.0541. The van der Waals surface area contributed by atoms with Gasteiger partial charge in [0.25, 0.3) is 5.91 Å². The SMILES string of the molecule is CC(C)Oc1ccc(C(=O)n2ccccc2=NC2CCCCC2)cn1. The van der Waals surface area contributed by atoms with Gasteiger partial charge in [0.15, 0.2) is 0 Å². The molecule has 25 heavy (non-hydrogen) atoms. The van der Waals surface area contributed by atoms with Crippen LogP contribution in [0.25, 0.3) is 0 Å². The van der Waals surface area contributed by atoms with Crippen molar-refractivity contribution in [3.8, 4) is 5.88 Å². The molecule has 0 spiro atoms. The van der Waals surface area contributed by atoms with Crippen molar-refractivity contribution in [2.24, 2.45) is 4.99 Å². The van der Waals surface area contributed by atoms with Crippen LogP contribution in [0.3, 0.4) is 0 Å². The molecule has 0 aromatic carbocycles. The Morgan fingerprint density at radius 3 is 2.68 bits per heavy atom. The summed E-state index contributed by atoms with van der Waals surface area (Å²) in [6.07, 6.45) is 9.31. The molecule has 1 fully saturated rings. The second kappa shape index (κ2) is 8.10. The third kappa shape index (κ3) is 4.56. The van der Waals surface area contributed by atoms with Gasteiger partial charge in [-0.3, -0.25) is 14.4 Å². The van der Waals surface area contributed by atoms with Crippen molar-refractivity contribution < 1.29 is 9.53 Å². The van der Waals surface area contributed by atoms with Crippen LogP contribution in [0.5, 0.6) is 5.88 Å². The molecule has 0 bridgehead atoms. The van der Waals surface area contributed by atoms with E-state index in [1.165, 1.54) is 19.3 Å². The zero-order valence-electron chi connectivity index (χ0n) is 14.9. The van der Waals surface area contributed by atoms with E-state index in [0.29, 0.717) is 23.0 Å². The quantitative estimate of drug-likeness (QED) is 0.855. The lowest BCUT2D eigenvalue weighted by molar-refractivity contribution is 0.0954. The van der Waals surface area contributed by atoms with Crippen molar-refractivity contribution in [2.45, 2.75) is 58.1 Å². The zero-order valence-corrected chi connectivity index (χ0v) is 14.9. The van der Waals surface area contributed by atoms with Crippen LogP contribution in [-0.4, -0.2) is 27.6 Å². The van der Waals surface area contributed by atoms with Crippen LogP contribution in [0.15, 0.2) is 47.7 Å². The zero-order chi connectivity index (χ0) is 17.6. The smallest absolute Gasteiger partial charge is 0.265 e. The predicted molar refractivity (Wildman–Crippen MR) is 96.6 cm³/mol. The Morgan fingerprint density at radius 1 is 1.20 bits per heavy atom. The summed E-state index contributed by atoms with van der Waals surface area (Å²) in [7, 11) is 0. The van der Waals surface area contributed by atoms with Crippen molar-refractivity contribution in [2.75, 3.05) is 0 Å². The molecule has 3 rings (SSSR count). The molecule has 0 aliphatic heterocycles. The largest absolute Gasteiger partial charge is 0.475 e. The minimum Gasteiger partial charge on any atom is -0.475 e. The molecule has 5 nitrogen and oxygen atoms in total. The Balaban J connectivity index is 1.86. The third-order valence-corrected chi connectivity index (χ3v) is 4.29. The van der Waals surface area contributed by atoms with E-state index in [4.69, 9.17) is 9.73 Å². The van der Waals surface area contributed by atoms with Gasteiger partial charge in [0, 0.05) is 18.5 Å². The summed E-state index contributed by atoms with van der Waals surface area (Å²) in [5.74, 6) is 0.399. The number of ether oxygens (including phenoxy) is 1. The van der Waals surface area contributed by atoms with Crippen LogP contribution in [0.2, 0.25) is 0 Å². The van der Waals surface area contributed by atoms with Crippen molar-refractivity contribution in [1.29, 1.82) is 0 Å². The Hall–Kier alpha value is -2.43. The van der Waals surface area contributed by atoms with Gasteiger partial charge in [-0.2, -0.15) is 0 Å². The molecule has 5 heteroatoms. The predicted octanol–water partition coefficient (Wildman–Crippen LogP) is 3.59. The van der Waals surface area contributed by atoms with Gasteiger partial charge in [0.1, 0.15) is 5.49 Å². The average molecular weight is 339 g/mol. The number of carbonyl (C=O) groups excluding carboxylic acids is 1. The molecule has 2 aromatic heterocycles. The molecular formula is C20H25N3O2. The number of hydrogen-bond acceptors (Lipinski definition) is 4. The van der Waals surface area contributed by atoms with E-state index < -0.39 is 0 Å². The number of pyridine rings is 2. The molecule has 0 radical (unpaired) electrons. The third-order valence-electron chi connectivity index (χ3n) is 4.29. The Labute approximate surface area is 148 Å². The molecule has 1 aliphatic rings. The van der Waals surface area contributed by atoms with E-state index in [0.717, 1.165) is 12.8 Å². The molecule has 132 valence electrons. The number of carbonyl (C=O) groups is 1. The molecular weight excluding hydrogens is 314 g/mol. The lowest BCUT2D eigenvalue weighted by atomic mass is 9.96. The minimum atomic E-state index is -0.126. The number of rotatable bonds is 4. The fraction of sp³-hybridized carbons (Fsp3) is 0.450. The van der Waals surface area contributed by atoms with E-state index in [-0.39, 0.29) is 12.0 Å². The molecule has 1 aliphatic carbocycles. The van der Waals surface area contributed by atoms with Crippen LogP contribution in [0.4, 0.5) is 0 Å². The number of hydrogen-bond donors (Lipinski definition) is 0. The Bertz CT molecular complexity index is 772. The highest BCUT2D eigenvalue weighted by atomic mass is 16.5. The first-order valence-electron chi connectivity index (χ1n) is 9.02. The maximum atomic E-state index is 12.9. The van der Waals surface area contributed by atoms with Gasteiger partial charge < -0.3 is 4.74 Å². The van der Waals surface area contributed by atoms with Crippen molar-refractivity contribution in [1.82, 2.24) is 9.55 Å². The summed E-state index contributed by atoms with van der Waals surface area (Å²) >= 11 is 0. The molecule has 0 atom stereocenters. The van der Waals surface area contributed by atoms with Crippen molar-refractivity contribution in [3.05, 3.63) is 53.8 Å². The highest BCUT2D eigenvalue weighted by Gasteiger charge is 2.14. The molecule has 2 heterocycles. The van der Waals surface area contributed by atoms with Crippen LogP contribution in [0, 0.1) is 0 Å². The van der Waals surface area contributed by atoms with Crippen LogP contribution < -0.4 is 10.2 Å². The van der Waals surface area contributed by atoms with Crippen LogP contribution in [0.1, 0.15) is 56.3 Å². The Kier molecular flexibility index (Phi) is 5.64. The van der Waals surface area contributed by atoms with Gasteiger partial charge in [0.2, 0.25) is 5.88 Å². The first-order valence-corrected chi connectivity index (χ1v) is 9.02. The fourth-order valence-electron chi connectivity index (χ4n) is 3.07. The molecule has 0 unspecified atom stereocenters. The summed E-state index contributed by atoms with van der Waals surface area (Å²) in [5.41, 5.74) is 1.23. The lowest BCUT2D eigenvalue weighted by Crippen LogP contribution is -2.29. The van der Waals surface area contributed by atoms with Crippen LogP contribution in [-0.2, 0) is 0 Å². The molecule has 0 N–H and O–H groups in total. The number of aromatic nitrogens is 2. The Morgan fingerprint density at radius 2 is 2.00 bits per heavy atom.